The van der Waals surface area contributed by atoms with Crippen LogP contribution in [-0.4, -0.2) is 44.0 Å². The highest BCUT2D eigenvalue weighted by atomic mass is 16.5. The molecule has 1 fully saturated rings. The van der Waals surface area contributed by atoms with Crippen molar-refractivity contribution in [1.82, 2.24) is 4.90 Å². The summed E-state index contributed by atoms with van der Waals surface area (Å²) < 4.78 is 5.19. The van der Waals surface area contributed by atoms with Crippen molar-refractivity contribution < 1.29 is 9.53 Å². The van der Waals surface area contributed by atoms with Crippen LogP contribution < -0.4 is 0 Å². The molecule has 0 aromatic carbocycles. The summed E-state index contributed by atoms with van der Waals surface area (Å²) in [5.41, 5.74) is -0.0879. The average molecular weight is 255 g/mol. The number of hydrogen-bond donors (Lipinski definition) is 0. The highest BCUT2D eigenvalue weighted by molar-refractivity contribution is 5.60. The van der Waals surface area contributed by atoms with Gasteiger partial charge in [-0.25, -0.2) is 0 Å². The molecule has 1 aliphatic carbocycles. The molecule has 0 radical (unpaired) electrons. The second-order valence-electron chi connectivity index (χ2n) is 5.76. The first kappa shape index (κ1) is 15.6. The van der Waals surface area contributed by atoms with E-state index < -0.39 is 0 Å². The van der Waals surface area contributed by atoms with Crippen molar-refractivity contribution in [2.24, 2.45) is 5.41 Å². The number of carbonyl (C=O) groups is 1. The standard InChI is InChI=1S/C15H29NO2/c1-4-14(2)16(10-11-18-3)12-15(13-17)8-6-5-7-9-15/h13-14H,4-12H2,1-3H3. The highest BCUT2D eigenvalue weighted by Crippen LogP contribution is 2.35. The van der Waals surface area contributed by atoms with Crippen LogP contribution in [0, 0.1) is 5.41 Å². The van der Waals surface area contributed by atoms with Gasteiger partial charge in [0.1, 0.15) is 6.29 Å². The third-order valence-corrected chi connectivity index (χ3v) is 4.41. The van der Waals surface area contributed by atoms with Gasteiger partial charge in [-0.3, -0.25) is 4.90 Å². The van der Waals surface area contributed by atoms with E-state index in [0.29, 0.717) is 6.04 Å². The Kier molecular flexibility index (Phi) is 6.87. The normalized spacial score (nSPS) is 20.9. The molecule has 106 valence electrons. The van der Waals surface area contributed by atoms with E-state index in [4.69, 9.17) is 4.74 Å². The smallest absolute Gasteiger partial charge is 0.127 e. The van der Waals surface area contributed by atoms with Crippen molar-refractivity contribution in [2.75, 3.05) is 26.8 Å². The second kappa shape index (κ2) is 7.90. The highest BCUT2D eigenvalue weighted by Gasteiger charge is 2.34. The SMILES string of the molecule is CCC(C)N(CCOC)CC1(C=O)CCCCC1. The molecule has 0 aliphatic heterocycles. The van der Waals surface area contributed by atoms with Crippen LogP contribution in [0.2, 0.25) is 0 Å². The number of ether oxygens (including phenoxy) is 1. The maximum atomic E-state index is 11.5. The molecule has 18 heavy (non-hydrogen) atoms. The van der Waals surface area contributed by atoms with E-state index >= 15 is 0 Å². The molecule has 0 aromatic heterocycles. The summed E-state index contributed by atoms with van der Waals surface area (Å²) in [6.07, 6.45) is 8.19. The van der Waals surface area contributed by atoms with Gasteiger partial charge in [-0.15, -0.1) is 0 Å². The fourth-order valence-corrected chi connectivity index (χ4v) is 2.90. The summed E-state index contributed by atoms with van der Waals surface area (Å²) in [6.45, 7) is 7.05. The van der Waals surface area contributed by atoms with Gasteiger partial charge in [-0.05, 0) is 26.2 Å². The van der Waals surface area contributed by atoms with Crippen LogP contribution in [0.1, 0.15) is 52.4 Å². The van der Waals surface area contributed by atoms with E-state index in [2.05, 4.69) is 18.7 Å². The molecule has 0 saturated heterocycles. The Morgan fingerprint density at radius 2 is 2.00 bits per heavy atom. The molecule has 1 unspecified atom stereocenters. The molecule has 3 heteroatoms. The molecule has 0 aromatic rings. The molecule has 1 aliphatic rings. The van der Waals surface area contributed by atoms with Gasteiger partial charge in [0.15, 0.2) is 0 Å². The van der Waals surface area contributed by atoms with Gasteiger partial charge in [0.05, 0.1) is 6.61 Å². The lowest BCUT2D eigenvalue weighted by Crippen LogP contribution is -2.45. The topological polar surface area (TPSA) is 29.5 Å². The van der Waals surface area contributed by atoms with Crippen LogP contribution in [0.15, 0.2) is 0 Å². The zero-order valence-corrected chi connectivity index (χ0v) is 12.3. The first-order chi connectivity index (χ1) is 8.67. The van der Waals surface area contributed by atoms with Gasteiger partial charge >= 0.3 is 0 Å². The van der Waals surface area contributed by atoms with Crippen molar-refractivity contribution in [3.63, 3.8) is 0 Å². The summed E-state index contributed by atoms with van der Waals surface area (Å²) in [7, 11) is 1.74. The monoisotopic (exact) mass is 255 g/mol. The molecule has 0 N–H and O–H groups in total. The Balaban J connectivity index is 2.63. The zero-order chi connectivity index (χ0) is 13.4. The zero-order valence-electron chi connectivity index (χ0n) is 12.3. The van der Waals surface area contributed by atoms with E-state index in [-0.39, 0.29) is 5.41 Å². The molecular formula is C15H29NO2. The van der Waals surface area contributed by atoms with Crippen molar-refractivity contribution >= 4 is 6.29 Å². The van der Waals surface area contributed by atoms with Crippen molar-refractivity contribution in [1.29, 1.82) is 0 Å². The Labute approximate surface area is 112 Å². The summed E-state index contributed by atoms with van der Waals surface area (Å²) in [5.74, 6) is 0. The van der Waals surface area contributed by atoms with Crippen LogP contribution in [-0.2, 0) is 9.53 Å². The molecule has 0 bridgehead atoms. The van der Waals surface area contributed by atoms with Crippen LogP contribution >= 0.6 is 0 Å². The number of carbonyl (C=O) groups excluding carboxylic acids is 1. The molecule has 3 nitrogen and oxygen atoms in total. The van der Waals surface area contributed by atoms with Crippen molar-refractivity contribution in [3.8, 4) is 0 Å². The Bertz CT molecular complexity index is 237. The predicted molar refractivity (Wildman–Crippen MR) is 74.8 cm³/mol. The Morgan fingerprint density at radius 3 is 2.50 bits per heavy atom. The molecule has 1 rings (SSSR count). The fraction of sp³-hybridized carbons (Fsp3) is 0.933. The second-order valence-corrected chi connectivity index (χ2v) is 5.76. The minimum atomic E-state index is -0.0879. The van der Waals surface area contributed by atoms with E-state index in [1.165, 1.54) is 25.5 Å². The molecule has 0 spiro atoms. The summed E-state index contributed by atoms with van der Waals surface area (Å²) >= 11 is 0. The number of hydrogen-bond acceptors (Lipinski definition) is 3. The summed E-state index contributed by atoms with van der Waals surface area (Å²) in [6, 6.07) is 0.527. The Hall–Kier alpha value is -0.410. The van der Waals surface area contributed by atoms with Gasteiger partial charge in [0, 0.05) is 31.7 Å². The largest absolute Gasteiger partial charge is 0.383 e. The summed E-state index contributed by atoms with van der Waals surface area (Å²) in [4.78, 5) is 14.0. The first-order valence-electron chi connectivity index (χ1n) is 7.37. The lowest BCUT2D eigenvalue weighted by atomic mass is 9.74. The van der Waals surface area contributed by atoms with Crippen molar-refractivity contribution in [3.05, 3.63) is 0 Å². The Morgan fingerprint density at radius 1 is 1.33 bits per heavy atom. The van der Waals surface area contributed by atoms with Crippen LogP contribution in [0.5, 0.6) is 0 Å². The number of aldehydes is 1. The first-order valence-corrected chi connectivity index (χ1v) is 7.37. The van der Waals surface area contributed by atoms with Gasteiger partial charge in [0.25, 0.3) is 0 Å². The molecule has 0 amide bonds. The molecule has 1 atom stereocenters. The minimum absolute atomic E-state index is 0.0879. The number of nitrogens with zero attached hydrogens (tertiary/aromatic N) is 1. The molecular weight excluding hydrogens is 226 g/mol. The maximum absolute atomic E-state index is 11.5. The number of rotatable bonds is 8. The average Bonchev–Trinajstić information content (AvgIpc) is 2.43. The van der Waals surface area contributed by atoms with E-state index in [0.717, 1.165) is 39.0 Å². The lowest BCUT2D eigenvalue weighted by molar-refractivity contribution is -0.119. The predicted octanol–water partition coefficient (Wildman–Crippen LogP) is 2.88. The third kappa shape index (κ3) is 4.36. The third-order valence-electron chi connectivity index (χ3n) is 4.41. The molecule has 1 saturated carbocycles. The quantitative estimate of drug-likeness (QED) is 0.625. The van der Waals surface area contributed by atoms with E-state index in [9.17, 15) is 4.79 Å². The van der Waals surface area contributed by atoms with Crippen LogP contribution in [0.4, 0.5) is 0 Å². The van der Waals surface area contributed by atoms with Crippen LogP contribution in [0.3, 0.4) is 0 Å². The minimum Gasteiger partial charge on any atom is -0.383 e. The summed E-state index contributed by atoms with van der Waals surface area (Å²) in [5, 5.41) is 0. The lowest BCUT2D eigenvalue weighted by Gasteiger charge is -2.39. The van der Waals surface area contributed by atoms with Crippen molar-refractivity contribution in [2.45, 2.75) is 58.4 Å². The van der Waals surface area contributed by atoms with Gasteiger partial charge in [0.2, 0.25) is 0 Å². The maximum Gasteiger partial charge on any atom is 0.127 e. The van der Waals surface area contributed by atoms with Gasteiger partial charge in [-0.1, -0.05) is 26.2 Å². The van der Waals surface area contributed by atoms with Crippen LogP contribution in [0.25, 0.3) is 0 Å². The fourth-order valence-electron chi connectivity index (χ4n) is 2.90. The van der Waals surface area contributed by atoms with E-state index in [1.54, 1.807) is 7.11 Å². The van der Waals surface area contributed by atoms with Gasteiger partial charge in [-0.2, -0.15) is 0 Å². The van der Waals surface area contributed by atoms with Gasteiger partial charge < -0.3 is 9.53 Å². The number of methoxy groups -OCH3 is 1. The molecule has 0 heterocycles. The van der Waals surface area contributed by atoms with E-state index in [1.807, 2.05) is 0 Å².